The maximum atomic E-state index is 13.1. The van der Waals surface area contributed by atoms with Gasteiger partial charge in [-0.2, -0.15) is 9.57 Å². The van der Waals surface area contributed by atoms with Gasteiger partial charge in [-0.3, -0.25) is 0 Å². The Morgan fingerprint density at radius 1 is 1.10 bits per heavy atom. The van der Waals surface area contributed by atoms with Gasteiger partial charge in [-0.25, -0.2) is 16.8 Å². The number of nitriles is 1. The highest BCUT2D eigenvalue weighted by Crippen LogP contribution is 2.34. The van der Waals surface area contributed by atoms with Gasteiger partial charge in [-0.05, 0) is 48.5 Å². The highest BCUT2D eigenvalue weighted by molar-refractivity contribution is 7.92. The van der Waals surface area contributed by atoms with Gasteiger partial charge in [0.2, 0.25) is 10.0 Å². The number of aliphatic hydroxyl groups is 1. The lowest BCUT2D eigenvalue weighted by Crippen LogP contribution is -2.51. The molecule has 2 aromatic carbocycles. The first-order valence-corrected chi connectivity index (χ1v) is 11.8. The van der Waals surface area contributed by atoms with Crippen molar-refractivity contribution in [1.29, 1.82) is 5.26 Å². The SMILES string of the molecule is N#Cc1ccc(S(=O)(=O)N2C[C@H](S(=O)(=O)c3ccc(Cl)cc3)[C@](O)(CN)C2)cc1. The van der Waals surface area contributed by atoms with Crippen molar-refractivity contribution >= 4 is 31.5 Å². The predicted molar refractivity (Wildman–Crippen MR) is 106 cm³/mol. The molecule has 1 fully saturated rings. The minimum Gasteiger partial charge on any atom is -0.386 e. The minimum absolute atomic E-state index is 0.0867. The van der Waals surface area contributed by atoms with Crippen molar-refractivity contribution < 1.29 is 21.9 Å². The molecule has 1 saturated heterocycles. The molecule has 1 heterocycles. The quantitative estimate of drug-likeness (QED) is 0.677. The zero-order valence-electron chi connectivity index (χ0n) is 15.1. The fourth-order valence-electron chi connectivity index (χ4n) is 3.23. The van der Waals surface area contributed by atoms with Gasteiger partial charge in [0.25, 0.3) is 0 Å². The van der Waals surface area contributed by atoms with Crippen LogP contribution in [0.1, 0.15) is 5.56 Å². The average molecular weight is 456 g/mol. The van der Waals surface area contributed by atoms with Crippen LogP contribution in [0.3, 0.4) is 0 Å². The van der Waals surface area contributed by atoms with E-state index >= 15 is 0 Å². The number of sulfonamides is 1. The summed E-state index contributed by atoms with van der Waals surface area (Å²) in [4.78, 5) is -0.197. The van der Waals surface area contributed by atoms with Crippen LogP contribution in [0, 0.1) is 11.3 Å². The molecule has 1 aliphatic heterocycles. The summed E-state index contributed by atoms with van der Waals surface area (Å²) < 4.78 is 53.0. The molecule has 0 aromatic heterocycles. The standard InChI is InChI=1S/C18H18ClN3O5S2/c19-14-3-7-15(8-4-14)28(24,25)17-10-22(12-18(17,23)11-21)29(26,27)16-5-1-13(9-20)2-6-16/h1-8,17,23H,10-12,21H2/t17-,18-/m0/s1. The van der Waals surface area contributed by atoms with Crippen LogP contribution in [0.15, 0.2) is 58.3 Å². The maximum Gasteiger partial charge on any atom is 0.243 e. The lowest BCUT2D eigenvalue weighted by Gasteiger charge is -2.27. The van der Waals surface area contributed by atoms with E-state index in [0.29, 0.717) is 5.02 Å². The molecule has 11 heteroatoms. The number of rotatable bonds is 5. The summed E-state index contributed by atoms with van der Waals surface area (Å²) in [5.74, 6) is 0. The van der Waals surface area contributed by atoms with Gasteiger partial charge in [0.05, 0.1) is 21.4 Å². The summed E-state index contributed by atoms with van der Waals surface area (Å²) >= 11 is 5.81. The van der Waals surface area contributed by atoms with E-state index in [1.54, 1.807) is 0 Å². The van der Waals surface area contributed by atoms with Crippen molar-refractivity contribution in [3.63, 3.8) is 0 Å². The minimum atomic E-state index is -4.10. The number of nitrogens with zero attached hydrogens (tertiary/aromatic N) is 2. The fraction of sp³-hybridized carbons (Fsp3) is 0.278. The van der Waals surface area contributed by atoms with Crippen molar-refractivity contribution in [3.8, 4) is 6.07 Å². The molecule has 3 N–H and O–H groups in total. The molecule has 0 amide bonds. The van der Waals surface area contributed by atoms with E-state index in [1.165, 1.54) is 48.5 Å². The second-order valence-corrected chi connectivity index (χ2v) is 11.2. The Morgan fingerprint density at radius 2 is 1.66 bits per heavy atom. The predicted octanol–water partition coefficient (Wildman–Crippen LogP) is 0.748. The largest absolute Gasteiger partial charge is 0.386 e. The third kappa shape index (κ3) is 3.90. The first-order valence-electron chi connectivity index (χ1n) is 8.47. The van der Waals surface area contributed by atoms with Gasteiger partial charge in [-0.1, -0.05) is 11.6 Å². The smallest absolute Gasteiger partial charge is 0.243 e. The first kappa shape index (κ1) is 21.7. The molecule has 0 bridgehead atoms. The van der Waals surface area contributed by atoms with Crippen molar-refractivity contribution in [2.75, 3.05) is 19.6 Å². The van der Waals surface area contributed by atoms with Crippen LogP contribution in [-0.4, -0.2) is 56.7 Å². The van der Waals surface area contributed by atoms with Crippen LogP contribution in [0.2, 0.25) is 5.02 Å². The number of sulfone groups is 1. The van der Waals surface area contributed by atoms with Gasteiger partial charge in [0, 0.05) is 24.7 Å². The molecule has 2 aromatic rings. The highest BCUT2D eigenvalue weighted by atomic mass is 35.5. The molecule has 0 unspecified atom stereocenters. The molecule has 29 heavy (non-hydrogen) atoms. The molecular weight excluding hydrogens is 438 g/mol. The summed E-state index contributed by atoms with van der Waals surface area (Å²) in [5.41, 5.74) is 3.97. The van der Waals surface area contributed by atoms with E-state index in [9.17, 15) is 21.9 Å². The van der Waals surface area contributed by atoms with Crippen molar-refractivity contribution in [2.24, 2.45) is 5.73 Å². The molecule has 3 rings (SSSR count). The van der Waals surface area contributed by atoms with Gasteiger partial charge in [0.15, 0.2) is 9.84 Å². The molecular formula is C18H18ClN3O5S2. The number of hydrogen-bond donors (Lipinski definition) is 2. The molecule has 1 aliphatic rings. The van der Waals surface area contributed by atoms with Crippen LogP contribution in [0.5, 0.6) is 0 Å². The Hall–Kier alpha value is -2.00. The van der Waals surface area contributed by atoms with Crippen LogP contribution < -0.4 is 5.73 Å². The Labute approximate surface area is 174 Å². The molecule has 0 saturated carbocycles. The second-order valence-electron chi connectivity index (χ2n) is 6.73. The monoisotopic (exact) mass is 455 g/mol. The van der Waals surface area contributed by atoms with E-state index in [1.807, 2.05) is 6.07 Å². The molecule has 0 aliphatic carbocycles. The van der Waals surface area contributed by atoms with Gasteiger partial charge >= 0.3 is 0 Å². The van der Waals surface area contributed by atoms with Gasteiger partial charge in [-0.15, -0.1) is 0 Å². The summed E-state index contributed by atoms with van der Waals surface area (Å²) in [6.45, 7) is -1.37. The van der Waals surface area contributed by atoms with Gasteiger partial charge < -0.3 is 10.8 Å². The summed E-state index contributed by atoms with van der Waals surface area (Å²) in [6, 6.07) is 12.5. The summed E-state index contributed by atoms with van der Waals surface area (Å²) in [6.07, 6.45) is 0. The topological polar surface area (TPSA) is 142 Å². The van der Waals surface area contributed by atoms with Crippen molar-refractivity contribution in [2.45, 2.75) is 20.6 Å². The van der Waals surface area contributed by atoms with Crippen LogP contribution in [-0.2, 0) is 19.9 Å². The summed E-state index contributed by atoms with van der Waals surface area (Å²) in [7, 11) is -8.20. The van der Waals surface area contributed by atoms with E-state index < -0.39 is 50.3 Å². The Kier molecular flexibility index (Phi) is 5.75. The van der Waals surface area contributed by atoms with Crippen molar-refractivity contribution in [3.05, 3.63) is 59.1 Å². The lowest BCUT2D eigenvalue weighted by molar-refractivity contribution is 0.0676. The van der Waals surface area contributed by atoms with Gasteiger partial charge in [0.1, 0.15) is 10.9 Å². The Bertz CT molecular complexity index is 1160. The molecule has 0 radical (unpaired) electrons. The van der Waals surface area contributed by atoms with Crippen molar-refractivity contribution in [1.82, 2.24) is 4.31 Å². The fourth-order valence-corrected chi connectivity index (χ4v) is 6.94. The number of halogens is 1. The molecule has 0 spiro atoms. The third-order valence-electron chi connectivity index (χ3n) is 4.91. The van der Waals surface area contributed by atoms with Crippen LogP contribution >= 0.6 is 11.6 Å². The number of nitrogens with two attached hydrogens (primary N) is 1. The van der Waals surface area contributed by atoms with Crippen LogP contribution in [0.4, 0.5) is 0 Å². The van der Waals surface area contributed by atoms with E-state index in [0.717, 1.165) is 4.31 Å². The Balaban J connectivity index is 1.99. The summed E-state index contributed by atoms with van der Waals surface area (Å²) in [5, 5.41) is 18.6. The number of β-amino-alcohol motifs (C(OH)–C–C–N with tert-alkyl or cyclic N) is 1. The zero-order valence-corrected chi connectivity index (χ0v) is 17.5. The van der Waals surface area contributed by atoms with E-state index in [2.05, 4.69) is 0 Å². The Morgan fingerprint density at radius 3 is 2.17 bits per heavy atom. The normalized spacial score (nSPS) is 23.0. The van der Waals surface area contributed by atoms with Crippen LogP contribution in [0.25, 0.3) is 0 Å². The second kappa shape index (κ2) is 7.68. The number of hydrogen-bond acceptors (Lipinski definition) is 7. The number of benzene rings is 2. The lowest BCUT2D eigenvalue weighted by atomic mass is 10.0. The van der Waals surface area contributed by atoms with E-state index in [4.69, 9.17) is 22.6 Å². The average Bonchev–Trinajstić information content (AvgIpc) is 3.08. The zero-order chi connectivity index (χ0) is 21.4. The first-order chi connectivity index (χ1) is 13.5. The molecule has 154 valence electrons. The highest BCUT2D eigenvalue weighted by Gasteiger charge is 2.54. The molecule has 8 nitrogen and oxygen atoms in total. The maximum absolute atomic E-state index is 13.1. The third-order valence-corrected chi connectivity index (χ3v) is 9.25. The van der Waals surface area contributed by atoms with E-state index in [-0.39, 0.29) is 15.4 Å². The molecule has 2 atom stereocenters.